The van der Waals surface area contributed by atoms with Crippen molar-refractivity contribution < 1.29 is 0 Å². The molecule has 61 heavy (non-hydrogen) atoms. The van der Waals surface area contributed by atoms with E-state index < -0.39 is 8.07 Å². The number of fused-ring (bicyclic) bond motifs is 10. The Bertz CT molecular complexity index is 2230. The minimum absolute atomic E-state index is 0.526. The van der Waals surface area contributed by atoms with Gasteiger partial charge in [0.2, 0.25) is 0 Å². The highest BCUT2D eigenvalue weighted by Gasteiger charge is 2.65. The fourth-order valence-corrected chi connectivity index (χ4v) is 23.5. The summed E-state index contributed by atoms with van der Waals surface area (Å²) in [5, 5.41) is 6.77. The summed E-state index contributed by atoms with van der Waals surface area (Å²) in [5.74, 6) is 13.7. The highest BCUT2D eigenvalue weighted by molar-refractivity contribution is 7.03. The van der Waals surface area contributed by atoms with E-state index in [0.717, 1.165) is 94.3 Å². The van der Waals surface area contributed by atoms with E-state index in [4.69, 9.17) is 0 Å². The number of hydrogen-bond acceptors (Lipinski definition) is 0. The fraction of sp³-hybridized carbons (Fsp3) is 0.724. The number of rotatable bonds is 6. The maximum absolute atomic E-state index is 2.89. The minimum Gasteiger partial charge on any atom is -0.0795 e. The zero-order valence-electron chi connectivity index (χ0n) is 41.2. The minimum atomic E-state index is -2.04. The third-order valence-electron chi connectivity index (χ3n) is 25.0. The molecule has 3 heteroatoms. The molecule has 1 aliphatic heterocycles. The van der Waals surface area contributed by atoms with Gasteiger partial charge in [-0.1, -0.05) is 205 Å². The van der Waals surface area contributed by atoms with Crippen molar-refractivity contribution in [3.63, 3.8) is 0 Å². The lowest BCUT2D eigenvalue weighted by atomic mass is 9.19. The maximum atomic E-state index is 2.89. The molecule has 12 saturated carbocycles. The van der Waals surface area contributed by atoms with Crippen LogP contribution >= 0.6 is 0 Å². The summed E-state index contributed by atoms with van der Waals surface area (Å²) in [4.78, 5) is 0. The van der Waals surface area contributed by atoms with Gasteiger partial charge >= 0.3 is 0 Å². The second-order valence-electron chi connectivity index (χ2n) is 27.9. The molecule has 12 aliphatic carbocycles. The van der Waals surface area contributed by atoms with Crippen LogP contribution < -0.4 is 21.3 Å². The number of benzene rings is 3. The van der Waals surface area contributed by atoms with Crippen LogP contribution in [0.25, 0.3) is 21.9 Å². The first kappa shape index (κ1) is 40.8. The summed E-state index contributed by atoms with van der Waals surface area (Å²) >= 11 is 0. The summed E-state index contributed by atoms with van der Waals surface area (Å²) in [6.07, 6.45) is 11.8. The molecule has 3 aromatic carbocycles. The molecule has 0 nitrogen and oxygen atoms in total. The molecule has 0 radical (unpaired) electrons. The fourth-order valence-electron chi connectivity index (χ4n) is 20.4. The van der Waals surface area contributed by atoms with E-state index >= 15 is 0 Å². The van der Waals surface area contributed by atoms with Crippen LogP contribution in [0.2, 0.25) is 36.4 Å². The van der Waals surface area contributed by atoms with E-state index in [-0.39, 0.29) is 0 Å². The Kier molecular flexibility index (Phi) is 8.54. The molecule has 0 N–H and O–H groups in total. The highest BCUT2D eigenvalue weighted by atomic mass is 28.3. The van der Waals surface area contributed by atoms with Crippen LogP contribution in [0.15, 0.2) is 48.5 Å². The SMILES string of the molecule is CC1C(B(c2ccc3c(c2)[Si](C)(C)c2cccc4c(B(C5CC6CC(C5C)C6(C)C)C5CC6CC(C5C)C6(C)C)ccc-3c24)C2CC3CC(C2C)C3(C)C)CC2CC1C2(C)C. The predicted octanol–water partition coefficient (Wildman–Crippen LogP) is 13.3. The standard InChI is InChI=1S/C58H82B2Si/c1-31-43-22-35(55(43,5)6)26-48(31)59(49-27-36-23-44(32(49)2)56(36,7)8)39-18-19-40-41-20-21-47(42-16-15-17-52(54(41)42)61(13,14)53(40)30-39)60(50-28-37-24-45(33(50)3)57(37,9)10)51-29-38-25-46(34(51)4)58(38,11)12/h15-21,30-38,43-46,48-51H,22-29H2,1-14H3. The monoisotopic (exact) mass is 829 g/mol. The van der Waals surface area contributed by atoms with Gasteiger partial charge in [0.15, 0.2) is 13.4 Å². The van der Waals surface area contributed by atoms with Gasteiger partial charge in [0.25, 0.3) is 0 Å². The summed E-state index contributed by atoms with van der Waals surface area (Å²) in [5.41, 5.74) is 8.75. The summed E-state index contributed by atoms with van der Waals surface area (Å²) in [6, 6.07) is 21.5. The molecule has 16 unspecified atom stereocenters. The molecular formula is C58H82B2Si. The van der Waals surface area contributed by atoms with E-state index in [2.05, 4.69) is 145 Å². The zero-order valence-corrected chi connectivity index (χ0v) is 42.2. The Hall–Kier alpha value is -1.73. The third kappa shape index (κ3) is 5.10. The van der Waals surface area contributed by atoms with Crippen LogP contribution in [0.3, 0.4) is 0 Å². The van der Waals surface area contributed by atoms with Crippen molar-refractivity contribution in [2.45, 2.75) is 171 Å². The van der Waals surface area contributed by atoms with Crippen molar-refractivity contribution in [3.05, 3.63) is 48.5 Å². The van der Waals surface area contributed by atoms with Gasteiger partial charge in [0.05, 0.1) is 0 Å². The van der Waals surface area contributed by atoms with Gasteiger partial charge in [-0.3, -0.25) is 0 Å². The smallest absolute Gasteiger partial charge is 0.0795 e. The summed E-state index contributed by atoms with van der Waals surface area (Å²) in [6.45, 7) is 38.6. The molecule has 13 aliphatic rings. The molecule has 16 rings (SSSR count). The quantitative estimate of drug-likeness (QED) is 0.217. The first-order valence-electron chi connectivity index (χ1n) is 26.4. The van der Waals surface area contributed by atoms with Crippen LogP contribution in [0.5, 0.6) is 0 Å². The normalized spacial score (nSPS) is 44.0. The Labute approximate surface area is 374 Å². The molecule has 324 valence electrons. The van der Waals surface area contributed by atoms with Crippen molar-refractivity contribution in [2.75, 3.05) is 0 Å². The largest absolute Gasteiger partial charge is 0.183 e. The van der Waals surface area contributed by atoms with E-state index in [1.807, 2.05) is 0 Å². The van der Waals surface area contributed by atoms with Crippen LogP contribution in [0.4, 0.5) is 0 Å². The van der Waals surface area contributed by atoms with E-state index in [1.54, 1.807) is 43.2 Å². The summed E-state index contributed by atoms with van der Waals surface area (Å²) in [7, 11) is -2.04. The van der Waals surface area contributed by atoms with Gasteiger partial charge in [-0.15, -0.1) is 0 Å². The molecule has 0 aromatic heterocycles. The Morgan fingerprint density at radius 2 is 0.869 bits per heavy atom. The van der Waals surface area contributed by atoms with Crippen molar-refractivity contribution >= 4 is 53.6 Å². The molecule has 16 atom stereocenters. The molecule has 1 heterocycles. The lowest BCUT2D eigenvalue weighted by molar-refractivity contribution is -0.107. The van der Waals surface area contributed by atoms with Crippen molar-refractivity contribution in [2.24, 2.45) is 92.7 Å². The predicted molar refractivity (Wildman–Crippen MR) is 269 cm³/mol. The second-order valence-corrected chi connectivity index (χ2v) is 32.2. The van der Waals surface area contributed by atoms with Gasteiger partial charge in [0, 0.05) is 0 Å². The van der Waals surface area contributed by atoms with E-state index in [1.165, 1.54) is 51.4 Å². The van der Waals surface area contributed by atoms with Gasteiger partial charge in [-0.2, -0.15) is 0 Å². The van der Waals surface area contributed by atoms with Crippen molar-refractivity contribution in [3.8, 4) is 11.1 Å². The average Bonchev–Trinajstić information content (AvgIpc) is 3.21. The molecule has 8 bridgehead atoms. The molecular weight excluding hydrogens is 746 g/mol. The van der Waals surface area contributed by atoms with Gasteiger partial charge < -0.3 is 0 Å². The van der Waals surface area contributed by atoms with Crippen LogP contribution in [0, 0.1) is 92.7 Å². The average molecular weight is 829 g/mol. The topological polar surface area (TPSA) is 0 Å². The van der Waals surface area contributed by atoms with Crippen molar-refractivity contribution in [1.29, 1.82) is 0 Å². The van der Waals surface area contributed by atoms with Gasteiger partial charge in [-0.05, 0) is 151 Å². The maximum Gasteiger partial charge on any atom is 0.183 e. The third-order valence-corrected chi connectivity index (χ3v) is 28.5. The molecule has 0 amide bonds. The molecule has 0 saturated heterocycles. The zero-order chi connectivity index (χ0) is 42.8. The molecule has 0 spiro atoms. The van der Waals surface area contributed by atoms with Crippen molar-refractivity contribution in [1.82, 2.24) is 0 Å². The van der Waals surface area contributed by atoms with Gasteiger partial charge in [-0.25, -0.2) is 0 Å². The lowest BCUT2D eigenvalue weighted by Crippen LogP contribution is -2.63. The van der Waals surface area contributed by atoms with Gasteiger partial charge in [0.1, 0.15) is 8.07 Å². The molecule has 12 fully saturated rings. The molecule has 3 aromatic rings. The Morgan fingerprint density at radius 1 is 0.459 bits per heavy atom. The van der Waals surface area contributed by atoms with Crippen LogP contribution in [-0.4, -0.2) is 21.5 Å². The van der Waals surface area contributed by atoms with Crippen LogP contribution in [0.1, 0.15) is 134 Å². The van der Waals surface area contributed by atoms with E-state index in [9.17, 15) is 0 Å². The number of hydrogen-bond donors (Lipinski definition) is 0. The highest BCUT2D eigenvalue weighted by Crippen LogP contribution is 2.71. The Balaban J connectivity index is 0.973. The Morgan fingerprint density at radius 3 is 1.28 bits per heavy atom. The van der Waals surface area contributed by atoms with E-state index in [0.29, 0.717) is 35.1 Å². The second kappa shape index (κ2) is 12.8. The lowest BCUT2D eigenvalue weighted by Gasteiger charge is -2.66. The van der Waals surface area contributed by atoms with Crippen LogP contribution in [-0.2, 0) is 0 Å². The first-order valence-corrected chi connectivity index (χ1v) is 29.4. The summed E-state index contributed by atoms with van der Waals surface area (Å²) < 4.78 is 0. The first-order chi connectivity index (χ1) is 28.7.